The molecule has 1 aromatic carbocycles. The minimum absolute atomic E-state index is 0.0991. The third-order valence-corrected chi connectivity index (χ3v) is 5.34. The molecule has 8 heteroatoms. The molecule has 0 radical (unpaired) electrons. The average molecular weight is 375 g/mol. The van der Waals surface area contributed by atoms with Crippen LogP contribution in [0.1, 0.15) is 23.8 Å². The number of nitrogens with one attached hydrogen (secondary N) is 1. The number of ether oxygens (including phenoxy) is 1. The van der Waals surface area contributed by atoms with Gasteiger partial charge in [-0.05, 0) is 43.4 Å². The Labute approximate surface area is 155 Å². The van der Waals surface area contributed by atoms with Crippen molar-refractivity contribution in [2.45, 2.75) is 18.9 Å². The van der Waals surface area contributed by atoms with Gasteiger partial charge in [0.15, 0.2) is 12.4 Å². The number of thiophene rings is 1. The second-order valence-corrected chi connectivity index (χ2v) is 7.07. The molecule has 7 nitrogen and oxygen atoms in total. The number of hydrogen-bond donors (Lipinski definition) is 1. The van der Waals surface area contributed by atoms with E-state index in [1.54, 1.807) is 23.5 Å². The van der Waals surface area contributed by atoms with E-state index in [1.165, 1.54) is 29.9 Å². The molecule has 0 unspecified atom stereocenters. The standard InChI is InChI=1S/C18H21N3O4S/c22-18(13-25-16-7-2-1-6-14(16)21(23)24)19-12-15(17-8-5-11-26-17)20-9-3-4-10-20/h1-2,5-8,11,15H,3-4,9-10,12-13H2,(H,19,22)/t15-/m1/s1. The summed E-state index contributed by atoms with van der Waals surface area (Å²) < 4.78 is 5.34. The van der Waals surface area contributed by atoms with Crippen LogP contribution >= 0.6 is 11.3 Å². The first kappa shape index (κ1) is 18.3. The summed E-state index contributed by atoms with van der Waals surface area (Å²) in [5.41, 5.74) is -0.145. The lowest BCUT2D eigenvalue weighted by Crippen LogP contribution is -2.38. The summed E-state index contributed by atoms with van der Waals surface area (Å²) in [6.07, 6.45) is 2.35. The summed E-state index contributed by atoms with van der Waals surface area (Å²) in [4.78, 5) is 26.2. The Hall–Kier alpha value is -2.45. The number of nitrogens with zero attached hydrogens (tertiary/aromatic N) is 2. The van der Waals surface area contributed by atoms with Crippen LogP contribution in [0.5, 0.6) is 5.75 Å². The van der Waals surface area contributed by atoms with E-state index >= 15 is 0 Å². The van der Waals surface area contributed by atoms with E-state index in [1.807, 2.05) is 11.4 Å². The molecule has 1 fully saturated rings. The molecule has 1 N–H and O–H groups in total. The summed E-state index contributed by atoms with van der Waals surface area (Å²) in [5.74, 6) is -0.189. The van der Waals surface area contributed by atoms with Gasteiger partial charge in [0, 0.05) is 17.5 Å². The lowest BCUT2D eigenvalue weighted by molar-refractivity contribution is -0.385. The largest absolute Gasteiger partial charge is 0.477 e. The number of nitro groups is 1. The molecule has 0 saturated carbocycles. The first-order valence-corrected chi connectivity index (χ1v) is 9.43. The second kappa shape index (κ2) is 8.77. The number of carbonyl (C=O) groups excluding carboxylic acids is 1. The zero-order chi connectivity index (χ0) is 18.4. The SMILES string of the molecule is O=C(COc1ccccc1[N+](=O)[O-])NC[C@H](c1cccs1)N1CCCC1. The maximum atomic E-state index is 12.2. The Morgan fingerprint density at radius 2 is 2.04 bits per heavy atom. The van der Waals surface area contributed by atoms with Gasteiger partial charge >= 0.3 is 5.69 Å². The average Bonchev–Trinajstić information content (AvgIpc) is 3.35. The highest BCUT2D eigenvalue weighted by Crippen LogP contribution is 2.28. The zero-order valence-electron chi connectivity index (χ0n) is 14.3. The molecule has 2 aromatic rings. The number of amides is 1. The summed E-state index contributed by atoms with van der Waals surface area (Å²) in [5, 5.41) is 15.9. The monoisotopic (exact) mass is 375 g/mol. The predicted molar refractivity (Wildman–Crippen MR) is 99.5 cm³/mol. The van der Waals surface area contributed by atoms with E-state index in [0.29, 0.717) is 6.54 Å². The third-order valence-electron chi connectivity index (χ3n) is 4.37. The molecule has 26 heavy (non-hydrogen) atoms. The predicted octanol–water partition coefficient (Wildman–Crippen LogP) is 2.99. The van der Waals surface area contributed by atoms with Crippen LogP contribution in [0.25, 0.3) is 0 Å². The molecule has 0 spiro atoms. The molecule has 1 saturated heterocycles. The molecule has 1 aliphatic rings. The minimum atomic E-state index is -0.520. The second-order valence-electron chi connectivity index (χ2n) is 6.09. The van der Waals surface area contributed by atoms with Crippen molar-refractivity contribution in [1.29, 1.82) is 0 Å². The maximum Gasteiger partial charge on any atom is 0.310 e. The molecule has 138 valence electrons. The summed E-state index contributed by atoms with van der Waals surface area (Å²) in [6.45, 7) is 2.32. The van der Waals surface area contributed by atoms with E-state index in [0.717, 1.165) is 13.1 Å². The zero-order valence-corrected chi connectivity index (χ0v) is 15.1. The Morgan fingerprint density at radius 3 is 2.73 bits per heavy atom. The Kier molecular flexibility index (Phi) is 6.19. The van der Waals surface area contributed by atoms with E-state index in [4.69, 9.17) is 4.74 Å². The smallest absolute Gasteiger partial charge is 0.310 e. The number of hydrogen-bond acceptors (Lipinski definition) is 6. The van der Waals surface area contributed by atoms with Gasteiger partial charge in [0.05, 0.1) is 11.0 Å². The van der Waals surface area contributed by atoms with Crippen molar-refractivity contribution in [2.24, 2.45) is 0 Å². The van der Waals surface area contributed by atoms with Crippen LogP contribution < -0.4 is 10.1 Å². The van der Waals surface area contributed by atoms with Crippen molar-refractivity contribution in [3.8, 4) is 5.75 Å². The summed E-state index contributed by atoms with van der Waals surface area (Å²) >= 11 is 1.69. The van der Waals surface area contributed by atoms with Gasteiger partial charge in [-0.1, -0.05) is 18.2 Å². The van der Waals surface area contributed by atoms with E-state index in [9.17, 15) is 14.9 Å². The fraction of sp³-hybridized carbons (Fsp3) is 0.389. The molecular weight excluding hydrogens is 354 g/mol. The van der Waals surface area contributed by atoms with Gasteiger partial charge in [0.2, 0.25) is 0 Å². The van der Waals surface area contributed by atoms with Crippen LogP contribution in [0.2, 0.25) is 0 Å². The van der Waals surface area contributed by atoms with Crippen LogP contribution in [0.4, 0.5) is 5.69 Å². The quantitative estimate of drug-likeness (QED) is 0.566. The van der Waals surface area contributed by atoms with Crippen molar-refractivity contribution < 1.29 is 14.5 Å². The van der Waals surface area contributed by atoms with Gasteiger partial charge in [0.1, 0.15) is 0 Å². The number of likely N-dealkylation sites (tertiary alicyclic amines) is 1. The molecule has 0 bridgehead atoms. The Bertz CT molecular complexity index is 745. The topological polar surface area (TPSA) is 84.7 Å². The number of carbonyl (C=O) groups is 1. The fourth-order valence-corrected chi connectivity index (χ4v) is 3.94. The molecule has 1 aliphatic heterocycles. The number of nitro benzene ring substituents is 1. The van der Waals surface area contributed by atoms with Crippen molar-refractivity contribution in [2.75, 3.05) is 26.2 Å². The normalized spacial score (nSPS) is 15.5. The van der Waals surface area contributed by atoms with E-state index in [-0.39, 0.29) is 30.0 Å². The van der Waals surface area contributed by atoms with Gasteiger partial charge in [-0.15, -0.1) is 11.3 Å². The van der Waals surface area contributed by atoms with Gasteiger partial charge in [-0.25, -0.2) is 0 Å². The van der Waals surface area contributed by atoms with Crippen molar-refractivity contribution in [1.82, 2.24) is 10.2 Å². The van der Waals surface area contributed by atoms with Gasteiger partial charge in [0.25, 0.3) is 5.91 Å². The van der Waals surface area contributed by atoms with Crippen molar-refractivity contribution in [3.63, 3.8) is 0 Å². The van der Waals surface area contributed by atoms with Crippen LogP contribution in [0, 0.1) is 10.1 Å². The molecule has 1 amide bonds. The third kappa shape index (κ3) is 4.59. The molecule has 2 heterocycles. The van der Waals surface area contributed by atoms with Crippen LogP contribution in [0.3, 0.4) is 0 Å². The number of rotatable bonds is 8. The fourth-order valence-electron chi connectivity index (χ4n) is 3.08. The van der Waals surface area contributed by atoms with Crippen molar-refractivity contribution in [3.05, 3.63) is 56.8 Å². The maximum absolute atomic E-state index is 12.2. The highest BCUT2D eigenvalue weighted by atomic mass is 32.1. The van der Waals surface area contributed by atoms with Gasteiger partial charge in [-0.2, -0.15) is 0 Å². The van der Waals surface area contributed by atoms with Crippen LogP contribution in [0.15, 0.2) is 41.8 Å². The Morgan fingerprint density at radius 1 is 1.27 bits per heavy atom. The first-order valence-electron chi connectivity index (χ1n) is 8.55. The minimum Gasteiger partial charge on any atom is -0.477 e. The summed E-state index contributed by atoms with van der Waals surface area (Å²) in [6, 6.07) is 10.3. The highest BCUT2D eigenvalue weighted by Gasteiger charge is 2.24. The number of para-hydroxylation sites is 2. The van der Waals surface area contributed by atoms with E-state index in [2.05, 4.69) is 16.3 Å². The van der Waals surface area contributed by atoms with Crippen LogP contribution in [-0.2, 0) is 4.79 Å². The van der Waals surface area contributed by atoms with Crippen LogP contribution in [-0.4, -0.2) is 42.0 Å². The lowest BCUT2D eigenvalue weighted by atomic mass is 10.2. The molecule has 1 aromatic heterocycles. The molecule has 3 rings (SSSR count). The molecular formula is C18H21N3O4S. The molecule has 1 atom stereocenters. The lowest BCUT2D eigenvalue weighted by Gasteiger charge is -2.26. The Balaban J connectivity index is 1.55. The number of benzene rings is 1. The summed E-state index contributed by atoms with van der Waals surface area (Å²) in [7, 11) is 0. The molecule has 0 aliphatic carbocycles. The highest BCUT2D eigenvalue weighted by molar-refractivity contribution is 7.10. The first-order chi connectivity index (χ1) is 12.6. The van der Waals surface area contributed by atoms with E-state index < -0.39 is 4.92 Å². The van der Waals surface area contributed by atoms with Gasteiger partial charge in [-0.3, -0.25) is 19.8 Å². The van der Waals surface area contributed by atoms with Crippen molar-refractivity contribution >= 4 is 22.9 Å². The van der Waals surface area contributed by atoms with Gasteiger partial charge < -0.3 is 10.1 Å².